The van der Waals surface area contributed by atoms with Gasteiger partial charge in [-0.3, -0.25) is 4.79 Å². The molecule has 1 aliphatic heterocycles. The van der Waals surface area contributed by atoms with E-state index in [2.05, 4.69) is 22.0 Å². The smallest absolute Gasteiger partial charge is 0.167 e. The molecule has 1 heterocycles. The van der Waals surface area contributed by atoms with Gasteiger partial charge in [-0.1, -0.05) is 18.2 Å². The topological polar surface area (TPSA) is 26.3 Å². The van der Waals surface area contributed by atoms with E-state index in [0.717, 1.165) is 24.3 Å². The molecular formula is C17H14BrFO2. The van der Waals surface area contributed by atoms with Crippen LogP contribution in [0.2, 0.25) is 0 Å². The predicted molar refractivity (Wildman–Crippen MR) is 82.4 cm³/mol. The Morgan fingerprint density at radius 1 is 1.29 bits per heavy atom. The number of fused-ring (bicyclic) bond motifs is 1. The highest BCUT2D eigenvalue weighted by atomic mass is 79.9. The van der Waals surface area contributed by atoms with Gasteiger partial charge < -0.3 is 4.74 Å². The van der Waals surface area contributed by atoms with Gasteiger partial charge in [0.05, 0.1) is 12.2 Å². The Labute approximate surface area is 131 Å². The molecule has 4 heteroatoms. The number of Topliss-reactive ketones (excluding diaryl/α,β-unsaturated/α-hetero) is 1. The van der Waals surface area contributed by atoms with E-state index in [1.165, 1.54) is 11.6 Å². The summed E-state index contributed by atoms with van der Waals surface area (Å²) in [6.45, 7) is 0.722. The number of rotatable bonds is 4. The number of hydrogen-bond acceptors (Lipinski definition) is 2. The molecule has 2 aromatic rings. The van der Waals surface area contributed by atoms with Gasteiger partial charge in [0.15, 0.2) is 5.78 Å². The highest BCUT2D eigenvalue weighted by molar-refractivity contribution is 9.10. The minimum Gasteiger partial charge on any atom is -0.493 e. The second-order valence-corrected chi connectivity index (χ2v) is 5.91. The fraction of sp³-hybridized carbons (Fsp3) is 0.235. The minimum atomic E-state index is -0.475. The van der Waals surface area contributed by atoms with E-state index >= 15 is 0 Å². The fourth-order valence-corrected chi connectivity index (χ4v) is 3.11. The maximum absolute atomic E-state index is 13.7. The second-order valence-electron chi connectivity index (χ2n) is 5.06. The molecule has 0 aliphatic carbocycles. The van der Waals surface area contributed by atoms with Crippen LogP contribution >= 0.6 is 15.9 Å². The number of aryl methyl sites for hydroxylation is 1. The van der Waals surface area contributed by atoms with E-state index in [0.29, 0.717) is 17.3 Å². The summed E-state index contributed by atoms with van der Waals surface area (Å²) >= 11 is 3.24. The zero-order valence-electron chi connectivity index (χ0n) is 11.4. The molecule has 2 nitrogen and oxygen atoms in total. The van der Waals surface area contributed by atoms with Crippen molar-refractivity contribution in [1.82, 2.24) is 0 Å². The van der Waals surface area contributed by atoms with Crippen LogP contribution in [0.3, 0.4) is 0 Å². The molecule has 0 bridgehead atoms. The Bertz CT molecular complexity index is 677. The SMILES string of the molecule is O=C(CCc1ccc2c(c1)CCO2)c1c(F)cccc1Br. The Morgan fingerprint density at radius 3 is 2.95 bits per heavy atom. The molecule has 0 spiro atoms. The summed E-state index contributed by atoms with van der Waals surface area (Å²) in [4.78, 5) is 12.2. The van der Waals surface area contributed by atoms with Crippen LogP contribution < -0.4 is 4.74 Å². The molecule has 0 atom stereocenters. The van der Waals surface area contributed by atoms with Crippen molar-refractivity contribution in [2.24, 2.45) is 0 Å². The second kappa shape index (κ2) is 5.98. The van der Waals surface area contributed by atoms with Gasteiger partial charge in [0.1, 0.15) is 11.6 Å². The van der Waals surface area contributed by atoms with Crippen molar-refractivity contribution in [2.45, 2.75) is 19.3 Å². The molecular weight excluding hydrogens is 335 g/mol. The Hall–Kier alpha value is -1.68. The molecule has 0 fully saturated rings. The molecule has 0 N–H and O–H groups in total. The van der Waals surface area contributed by atoms with Crippen molar-refractivity contribution in [2.75, 3.05) is 6.61 Å². The number of carbonyl (C=O) groups is 1. The maximum Gasteiger partial charge on any atom is 0.167 e. The lowest BCUT2D eigenvalue weighted by Gasteiger charge is -2.06. The van der Waals surface area contributed by atoms with Crippen LogP contribution in [-0.2, 0) is 12.8 Å². The van der Waals surface area contributed by atoms with Gasteiger partial charge in [-0.2, -0.15) is 0 Å². The first-order valence-electron chi connectivity index (χ1n) is 6.87. The normalized spacial score (nSPS) is 12.9. The van der Waals surface area contributed by atoms with Crippen molar-refractivity contribution in [1.29, 1.82) is 0 Å². The third-order valence-electron chi connectivity index (χ3n) is 3.64. The number of ether oxygens (including phenoxy) is 1. The largest absolute Gasteiger partial charge is 0.493 e. The number of benzene rings is 2. The van der Waals surface area contributed by atoms with Gasteiger partial charge in [-0.15, -0.1) is 0 Å². The Morgan fingerprint density at radius 2 is 2.14 bits per heavy atom. The van der Waals surface area contributed by atoms with Crippen LogP contribution in [0.1, 0.15) is 27.9 Å². The summed E-state index contributed by atoms with van der Waals surface area (Å²) in [5.74, 6) is 0.273. The van der Waals surface area contributed by atoms with Crippen LogP contribution in [0.25, 0.3) is 0 Å². The van der Waals surface area contributed by atoms with Crippen LogP contribution in [0.4, 0.5) is 4.39 Å². The molecule has 0 saturated heterocycles. The average Bonchev–Trinajstić information content (AvgIpc) is 2.92. The molecule has 0 radical (unpaired) electrons. The van der Waals surface area contributed by atoms with Crippen LogP contribution in [0, 0.1) is 5.82 Å². The Kier molecular flexibility index (Phi) is 4.06. The van der Waals surface area contributed by atoms with E-state index in [-0.39, 0.29) is 11.3 Å². The van der Waals surface area contributed by atoms with Crippen molar-refractivity contribution < 1.29 is 13.9 Å². The molecule has 1 aliphatic rings. The monoisotopic (exact) mass is 348 g/mol. The van der Waals surface area contributed by atoms with E-state index in [1.54, 1.807) is 12.1 Å². The predicted octanol–water partition coefficient (Wildman–Crippen LogP) is 4.34. The summed E-state index contributed by atoms with van der Waals surface area (Å²) in [7, 11) is 0. The lowest BCUT2D eigenvalue weighted by Crippen LogP contribution is -2.05. The van der Waals surface area contributed by atoms with Gasteiger partial charge in [0.2, 0.25) is 0 Å². The van der Waals surface area contributed by atoms with E-state index in [4.69, 9.17) is 4.74 Å². The highest BCUT2D eigenvalue weighted by Gasteiger charge is 2.16. The number of halogens is 2. The molecule has 21 heavy (non-hydrogen) atoms. The van der Waals surface area contributed by atoms with E-state index in [9.17, 15) is 9.18 Å². The minimum absolute atomic E-state index is 0.141. The van der Waals surface area contributed by atoms with Crippen molar-refractivity contribution in [3.05, 3.63) is 63.4 Å². The van der Waals surface area contributed by atoms with Crippen molar-refractivity contribution in [3.8, 4) is 5.75 Å². The Balaban J connectivity index is 1.71. The molecule has 0 amide bonds. The quantitative estimate of drug-likeness (QED) is 0.768. The molecule has 0 aromatic heterocycles. The first-order valence-corrected chi connectivity index (χ1v) is 7.66. The highest BCUT2D eigenvalue weighted by Crippen LogP contribution is 2.27. The number of carbonyl (C=O) groups excluding carboxylic acids is 1. The summed E-state index contributed by atoms with van der Waals surface area (Å²) in [5.41, 5.74) is 2.41. The third kappa shape index (κ3) is 3.00. The van der Waals surface area contributed by atoms with Crippen molar-refractivity contribution >= 4 is 21.7 Å². The summed E-state index contributed by atoms with van der Waals surface area (Å²) in [6, 6.07) is 10.6. The summed E-state index contributed by atoms with van der Waals surface area (Å²) in [6.07, 6.45) is 1.81. The van der Waals surface area contributed by atoms with Crippen LogP contribution in [0.15, 0.2) is 40.9 Å². The van der Waals surface area contributed by atoms with E-state index < -0.39 is 5.82 Å². The standard InChI is InChI=1S/C17H14BrFO2/c18-13-2-1-3-14(19)17(13)15(20)6-4-11-5-7-16-12(10-11)8-9-21-16/h1-3,5,7,10H,4,6,8-9H2. The zero-order chi connectivity index (χ0) is 14.8. The first kappa shape index (κ1) is 14.3. The van der Waals surface area contributed by atoms with Gasteiger partial charge in [0, 0.05) is 17.3 Å². The first-order chi connectivity index (χ1) is 10.1. The van der Waals surface area contributed by atoms with Gasteiger partial charge >= 0.3 is 0 Å². The molecule has 2 aromatic carbocycles. The number of ketones is 1. The average molecular weight is 349 g/mol. The molecule has 0 unspecified atom stereocenters. The van der Waals surface area contributed by atoms with E-state index in [1.807, 2.05) is 12.1 Å². The maximum atomic E-state index is 13.7. The van der Waals surface area contributed by atoms with Gasteiger partial charge in [0.25, 0.3) is 0 Å². The summed E-state index contributed by atoms with van der Waals surface area (Å²) in [5, 5.41) is 0. The van der Waals surface area contributed by atoms with Gasteiger partial charge in [-0.25, -0.2) is 4.39 Å². The lowest BCUT2D eigenvalue weighted by atomic mass is 10.0. The molecule has 0 saturated carbocycles. The van der Waals surface area contributed by atoms with Crippen LogP contribution in [-0.4, -0.2) is 12.4 Å². The fourth-order valence-electron chi connectivity index (χ4n) is 2.54. The molecule has 108 valence electrons. The van der Waals surface area contributed by atoms with Crippen LogP contribution in [0.5, 0.6) is 5.75 Å². The zero-order valence-corrected chi connectivity index (χ0v) is 13.0. The lowest BCUT2D eigenvalue weighted by molar-refractivity contribution is 0.0978. The number of hydrogen-bond donors (Lipinski definition) is 0. The summed E-state index contributed by atoms with van der Waals surface area (Å²) < 4.78 is 19.7. The third-order valence-corrected chi connectivity index (χ3v) is 4.30. The van der Waals surface area contributed by atoms with Gasteiger partial charge in [-0.05, 0) is 51.7 Å². The van der Waals surface area contributed by atoms with Crippen molar-refractivity contribution in [3.63, 3.8) is 0 Å². The molecule has 3 rings (SSSR count).